The van der Waals surface area contributed by atoms with Gasteiger partial charge in [0.2, 0.25) is 0 Å². The van der Waals surface area contributed by atoms with E-state index in [1.807, 2.05) is 0 Å². The first-order valence-corrected chi connectivity index (χ1v) is 9.81. The standard InChI is InChI=1S/2C13H20.CH4/c2*1-9-7-10(2)12(11(3)8-9)13(4,5)6;/h2*7-8H,1-6H3;1H4. The first-order valence-electron chi connectivity index (χ1n) is 9.81. The summed E-state index contributed by atoms with van der Waals surface area (Å²) >= 11 is 0. The van der Waals surface area contributed by atoms with Crippen molar-refractivity contribution in [1.82, 2.24) is 0 Å². The second-order valence-electron chi connectivity index (χ2n) is 10.0. The SMILES string of the molecule is C.Cc1cc(C)c(C(C)(C)C)c(C)c1.Cc1cc(C)c(C(C)(C)C)c(C)c1. The molecule has 0 nitrogen and oxygen atoms in total. The average Bonchev–Trinajstić information content (AvgIpc) is 2.32. The molecule has 0 unspecified atom stereocenters. The van der Waals surface area contributed by atoms with Crippen LogP contribution in [-0.4, -0.2) is 0 Å². The zero-order chi connectivity index (χ0) is 20.4. The van der Waals surface area contributed by atoms with Crippen LogP contribution in [-0.2, 0) is 10.8 Å². The van der Waals surface area contributed by atoms with Gasteiger partial charge in [-0.2, -0.15) is 0 Å². The van der Waals surface area contributed by atoms with Gasteiger partial charge in [0, 0.05) is 0 Å². The summed E-state index contributed by atoms with van der Waals surface area (Å²) in [5.74, 6) is 0. The number of rotatable bonds is 0. The quantitative estimate of drug-likeness (QED) is 0.437. The summed E-state index contributed by atoms with van der Waals surface area (Å²) in [6.45, 7) is 26.8. The van der Waals surface area contributed by atoms with E-state index in [1.54, 1.807) is 0 Å². The van der Waals surface area contributed by atoms with Crippen LogP contribution in [0.4, 0.5) is 0 Å². The molecule has 0 bridgehead atoms. The van der Waals surface area contributed by atoms with Gasteiger partial charge in [0.25, 0.3) is 0 Å². The lowest BCUT2D eigenvalue weighted by Gasteiger charge is -2.24. The Hall–Kier alpha value is -1.56. The smallest absolute Gasteiger partial charge is 0.0127 e. The van der Waals surface area contributed by atoms with E-state index in [4.69, 9.17) is 0 Å². The van der Waals surface area contributed by atoms with Crippen LogP contribution in [0, 0.1) is 41.5 Å². The zero-order valence-electron chi connectivity index (χ0n) is 19.3. The molecule has 0 aliphatic rings. The second kappa shape index (κ2) is 9.09. The lowest BCUT2D eigenvalue weighted by Crippen LogP contribution is -2.15. The fourth-order valence-electron chi connectivity index (χ4n) is 4.73. The highest BCUT2D eigenvalue weighted by atomic mass is 14.2. The van der Waals surface area contributed by atoms with Crippen molar-refractivity contribution in [3.8, 4) is 0 Å². The Morgan fingerprint density at radius 1 is 0.444 bits per heavy atom. The Balaban J connectivity index is 0.000000483. The van der Waals surface area contributed by atoms with E-state index >= 15 is 0 Å². The summed E-state index contributed by atoms with van der Waals surface area (Å²) < 4.78 is 0. The number of hydrogen-bond acceptors (Lipinski definition) is 0. The summed E-state index contributed by atoms with van der Waals surface area (Å²) in [5, 5.41) is 0. The minimum Gasteiger partial charge on any atom is -0.0776 e. The molecule has 0 spiro atoms. The Kier molecular flexibility index (Phi) is 8.56. The van der Waals surface area contributed by atoms with Crippen LogP contribution >= 0.6 is 0 Å². The van der Waals surface area contributed by atoms with Gasteiger partial charge in [-0.1, -0.05) is 84.4 Å². The maximum atomic E-state index is 2.28. The Bertz CT molecular complexity index is 648. The van der Waals surface area contributed by atoms with Crippen LogP contribution in [0.5, 0.6) is 0 Å². The summed E-state index contributed by atoms with van der Waals surface area (Å²) in [4.78, 5) is 0. The monoisotopic (exact) mass is 368 g/mol. The highest BCUT2D eigenvalue weighted by molar-refractivity contribution is 5.42. The molecule has 0 heteroatoms. The number of aryl methyl sites for hydroxylation is 6. The van der Waals surface area contributed by atoms with Crippen LogP contribution in [0.3, 0.4) is 0 Å². The lowest BCUT2D eigenvalue weighted by molar-refractivity contribution is 0.581. The Morgan fingerprint density at radius 2 is 0.630 bits per heavy atom. The van der Waals surface area contributed by atoms with Crippen molar-refractivity contribution in [1.29, 1.82) is 0 Å². The van der Waals surface area contributed by atoms with E-state index in [0.29, 0.717) is 0 Å². The van der Waals surface area contributed by atoms with Gasteiger partial charge in [0.1, 0.15) is 0 Å². The third kappa shape index (κ3) is 6.83. The summed E-state index contributed by atoms with van der Waals surface area (Å²) in [5.41, 5.74) is 11.9. The minimum absolute atomic E-state index is 0. The molecule has 0 saturated heterocycles. The topological polar surface area (TPSA) is 0 Å². The van der Waals surface area contributed by atoms with Gasteiger partial charge in [-0.25, -0.2) is 0 Å². The highest BCUT2D eigenvalue weighted by Crippen LogP contribution is 2.30. The van der Waals surface area contributed by atoms with Crippen molar-refractivity contribution in [3.63, 3.8) is 0 Å². The molecule has 0 fully saturated rings. The van der Waals surface area contributed by atoms with Crippen LogP contribution in [0.25, 0.3) is 0 Å². The van der Waals surface area contributed by atoms with Crippen molar-refractivity contribution >= 4 is 0 Å². The van der Waals surface area contributed by atoms with Crippen molar-refractivity contribution in [3.05, 3.63) is 68.8 Å². The highest BCUT2D eigenvalue weighted by Gasteiger charge is 2.19. The third-order valence-corrected chi connectivity index (χ3v) is 4.85. The van der Waals surface area contributed by atoms with Gasteiger partial charge in [0.15, 0.2) is 0 Å². The molecule has 0 aliphatic carbocycles. The van der Waals surface area contributed by atoms with Crippen molar-refractivity contribution in [2.45, 2.75) is 101 Å². The van der Waals surface area contributed by atoms with Gasteiger partial charge in [0.05, 0.1) is 0 Å². The van der Waals surface area contributed by atoms with Gasteiger partial charge >= 0.3 is 0 Å². The molecular weight excluding hydrogens is 324 g/mol. The molecule has 2 rings (SSSR count). The number of benzene rings is 2. The molecule has 0 radical (unpaired) electrons. The molecule has 2 aromatic rings. The lowest BCUT2D eigenvalue weighted by atomic mass is 9.80. The van der Waals surface area contributed by atoms with Crippen molar-refractivity contribution in [2.24, 2.45) is 0 Å². The second-order valence-corrected chi connectivity index (χ2v) is 10.0. The molecule has 0 heterocycles. The fraction of sp³-hybridized carbons (Fsp3) is 0.556. The first-order chi connectivity index (χ1) is 11.6. The molecule has 0 atom stereocenters. The first kappa shape index (κ1) is 25.4. The van der Waals surface area contributed by atoms with E-state index in [1.165, 1.54) is 44.5 Å². The van der Waals surface area contributed by atoms with Gasteiger partial charge in [-0.3, -0.25) is 0 Å². The van der Waals surface area contributed by atoms with Gasteiger partial charge in [-0.05, 0) is 85.8 Å². The molecule has 2 aromatic carbocycles. The summed E-state index contributed by atoms with van der Waals surface area (Å²) in [7, 11) is 0. The molecular formula is C27H44. The van der Waals surface area contributed by atoms with Crippen LogP contribution < -0.4 is 0 Å². The summed E-state index contributed by atoms with van der Waals surface area (Å²) in [6.07, 6.45) is 0. The predicted octanol–water partition coefficient (Wildman–Crippen LogP) is 8.45. The zero-order valence-corrected chi connectivity index (χ0v) is 19.3. The maximum absolute atomic E-state index is 2.28. The molecule has 0 saturated carbocycles. The van der Waals surface area contributed by atoms with Gasteiger partial charge in [-0.15, -0.1) is 0 Å². The van der Waals surface area contributed by atoms with E-state index < -0.39 is 0 Å². The average molecular weight is 369 g/mol. The van der Waals surface area contributed by atoms with Crippen molar-refractivity contribution in [2.75, 3.05) is 0 Å². The molecule has 0 amide bonds. The Labute approximate surface area is 170 Å². The van der Waals surface area contributed by atoms with E-state index in [2.05, 4.69) is 107 Å². The van der Waals surface area contributed by atoms with Crippen LogP contribution in [0.15, 0.2) is 24.3 Å². The Morgan fingerprint density at radius 3 is 0.778 bits per heavy atom. The molecule has 0 N–H and O–H groups in total. The van der Waals surface area contributed by atoms with Crippen molar-refractivity contribution < 1.29 is 0 Å². The van der Waals surface area contributed by atoms with Gasteiger partial charge < -0.3 is 0 Å². The van der Waals surface area contributed by atoms with E-state index in [0.717, 1.165) is 0 Å². The third-order valence-electron chi connectivity index (χ3n) is 4.85. The maximum Gasteiger partial charge on any atom is -0.0127 e. The summed E-state index contributed by atoms with van der Waals surface area (Å²) in [6, 6.07) is 9.09. The molecule has 0 aromatic heterocycles. The normalized spacial score (nSPS) is 11.4. The minimum atomic E-state index is 0. The predicted molar refractivity (Wildman–Crippen MR) is 125 cm³/mol. The van der Waals surface area contributed by atoms with E-state index in [-0.39, 0.29) is 18.3 Å². The van der Waals surface area contributed by atoms with Crippen LogP contribution in [0.1, 0.15) is 93.5 Å². The molecule has 27 heavy (non-hydrogen) atoms. The van der Waals surface area contributed by atoms with Crippen LogP contribution in [0.2, 0.25) is 0 Å². The molecule has 152 valence electrons. The molecule has 0 aliphatic heterocycles. The largest absolute Gasteiger partial charge is 0.0776 e. The fourth-order valence-corrected chi connectivity index (χ4v) is 4.73. The van der Waals surface area contributed by atoms with E-state index in [9.17, 15) is 0 Å². The number of hydrogen-bond donors (Lipinski definition) is 0.